The van der Waals surface area contributed by atoms with Crippen LogP contribution in [0.15, 0.2) is 30.3 Å². The van der Waals surface area contributed by atoms with Crippen LogP contribution in [0.1, 0.15) is 0 Å². The highest BCUT2D eigenvalue weighted by Gasteiger charge is 2.24. The van der Waals surface area contributed by atoms with Crippen LogP contribution in [0.4, 0.5) is 10.5 Å². The maximum atomic E-state index is 11.8. The molecule has 92 valence electrons. The summed E-state index contributed by atoms with van der Waals surface area (Å²) in [6, 6.07) is 8.71. The van der Waals surface area contributed by atoms with Crippen LogP contribution in [-0.4, -0.2) is 38.3 Å². The summed E-state index contributed by atoms with van der Waals surface area (Å²) in [5.74, 6) is -0.0603. The van der Waals surface area contributed by atoms with Crippen LogP contribution >= 0.6 is 0 Å². The van der Waals surface area contributed by atoms with E-state index in [0.717, 1.165) is 0 Å². The fraction of sp³-hybridized carbons (Fsp3) is 0.300. The van der Waals surface area contributed by atoms with Gasteiger partial charge in [-0.1, -0.05) is 18.2 Å². The van der Waals surface area contributed by atoms with Gasteiger partial charge in [0.1, 0.15) is 0 Å². The minimum atomic E-state index is -3.19. The molecule has 1 aromatic rings. The number of carbonyl (C=O) groups excluding carboxylic acids is 1. The molecule has 0 aliphatic carbocycles. The number of nitrogens with one attached hydrogen (secondary N) is 2. The highest BCUT2D eigenvalue weighted by atomic mass is 32.2. The molecule has 6 nitrogen and oxygen atoms in total. The first-order valence-electron chi connectivity index (χ1n) is 5.15. The molecule has 17 heavy (non-hydrogen) atoms. The SMILES string of the molecule is O=C(Nc1ccccc1)N1CCS(=O)(=O)NC1. The predicted octanol–water partition coefficient (Wildman–Crippen LogP) is 0.411. The Hall–Kier alpha value is -1.60. The number of urea groups is 1. The topological polar surface area (TPSA) is 78.5 Å². The highest BCUT2D eigenvalue weighted by molar-refractivity contribution is 7.89. The van der Waals surface area contributed by atoms with Crippen molar-refractivity contribution >= 4 is 21.7 Å². The van der Waals surface area contributed by atoms with Gasteiger partial charge in [0.15, 0.2) is 0 Å². The number of anilines is 1. The average Bonchev–Trinajstić information content (AvgIpc) is 2.30. The summed E-state index contributed by atoms with van der Waals surface area (Å²) in [6.07, 6.45) is 0. The standard InChI is InChI=1S/C10H13N3O3S/c14-10(12-9-4-2-1-3-5-9)13-6-7-17(15,16)11-8-13/h1-5,11H,6-8H2,(H,12,14). The van der Waals surface area contributed by atoms with E-state index in [2.05, 4.69) is 10.0 Å². The second kappa shape index (κ2) is 4.72. The van der Waals surface area contributed by atoms with Gasteiger partial charge >= 0.3 is 6.03 Å². The lowest BCUT2D eigenvalue weighted by Gasteiger charge is -2.27. The van der Waals surface area contributed by atoms with Crippen molar-refractivity contribution in [2.45, 2.75) is 0 Å². The van der Waals surface area contributed by atoms with E-state index in [1.54, 1.807) is 12.1 Å². The molecule has 1 saturated heterocycles. The quantitative estimate of drug-likeness (QED) is 0.763. The van der Waals surface area contributed by atoms with Crippen molar-refractivity contribution in [2.75, 3.05) is 24.3 Å². The molecule has 7 heteroatoms. The van der Waals surface area contributed by atoms with E-state index >= 15 is 0 Å². The first-order chi connectivity index (χ1) is 8.07. The zero-order valence-electron chi connectivity index (χ0n) is 9.09. The van der Waals surface area contributed by atoms with E-state index < -0.39 is 10.0 Å². The Kier molecular flexibility index (Phi) is 3.30. The summed E-state index contributed by atoms with van der Waals surface area (Å²) in [5, 5.41) is 2.69. The summed E-state index contributed by atoms with van der Waals surface area (Å²) >= 11 is 0. The number of rotatable bonds is 1. The van der Waals surface area contributed by atoms with Crippen molar-refractivity contribution in [3.8, 4) is 0 Å². The van der Waals surface area contributed by atoms with Crippen LogP contribution in [0.5, 0.6) is 0 Å². The van der Waals surface area contributed by atoms with E-state index in [1.807, 2.05) is 18.2 Å². The van der Waals surface area contributed by atoms with Crippen LogP contribution in [0.3, 0.4) is 0 Å². The van der Waals surface area contributed by atoms with Gasteiger partial charge in [0, 0.05) is 12.2 Å². The molecule has 2 rings (SSSR count). The van der Waals surface area contributed by atoms with Gasteiger partial charge in [0.2, 0.25) is 10.0 Å². The summed E-state index contributed by atoms with van der Waals surface area (Å²) in [6.45, 7) is 0.217. The normalized spacial score (nSPS) is 18.7. The lowest BCUT2D eigenvalue weighted by atomic mass is 10.3. The van der Waals surface area contributed by atoms with Crippen LogP contribution < -0.4 is 10.0 Å². The number of sulfonamides is 1. The smallest absolute Gasteiger partial charge is 0.310 e. The van der Waals surface area contributed by atoms with Crippen molar-refractivity contribution in [3.05, 3.63) is 30.3 Å². The van der Waals surface area contributed by atoms with E-state index in [-0.39, 0.29) is 25.0 Å². The molecule has 0 radical (unpaired) electrons. The van der Waals surface area contributed by atoms with Gasteiger partial charge in [-0.25, -0.2) is 13.2 Å². The second-order valence-corrected chi connectivity index (χ2v) is 5.61. The Labute approximate surface area is 99.7 Å². The third-order valence-electron chi connectivity index (χ3n) is 2.42. The second-order valence-electron chi connectivity index (χ2n) is 3.68. The third-order valence-corrected chi connectivity index (χ3v) is 3.71. The molecule has 0 atom stereocenters. The zero-order valence-corrected chi connectivity index (χ0v) is 9.90. The van der Waals surface area contributed by atoms with Crippen molar-refractivity contribution in [1.82, 2.24) is 9.62 Å². The van der Waals surface area contributed by atoms with E-state index in [9.17, 15) is 13.2 Å². The minimum Gasteiger partial charge on any atom is -0.310 e. The minimum absolute atomic E-state index is 0.0149. The third kappa shape index (κ3) is 3.18. The first-order valence-corrected chi connectivity index (χ1v) is 6.80. The molecule has 0 bridgehead atoms. The molecule has 2 amide bonds. The van der Waals surface area contributed by atoms with Gasteiger partial charge in [-0.15, -0.1) is 0 Å². The number of hydrogen-bond acceptors (Lipinski definition) is 3. The predicted molar refractivity (Wildman–Crippen MR) is 64.0 cm³/mol. The molecule has 1 fully saturated rings. The molecule has 1 heterocycles. The van der Waals surface area contributed by atoms with Crippen LogP contribution in [-0.2, 0) is 10.0 Å². The Bertz CT molecular complexity index is 487. The highest BCUT2D eigenvalue weighted by Crippen LogP contribution is 2.07. The number of hydrogen-bond donors (Lipinski definition) is 2. The summed E-state index contributed by atoms with van der Waals surface area (Å²) < 4.78 is 24.5. The van der Waals surface area contributed by atoms with Gasteiger partial charge in [-0.2, -0.15) is 4.72 Å². The van der Waals surface area contributed by atoms with Gasteiger partial charge in [-0.3, -0.25) is 0 Å². The fourth-order valence-corrected chi connectivity index (χ4v) is 2.41. The van der Waals surface area contributed by atoms with Crippen LogP contribution in [0.25, 0.3) is 0 Å². The maximum Gasteiger partial charge on any atom is 0.322 e. The van der Waals surface area contributed by atoms with E-state index in [1.165, 1.54) is 4.90 Å². The van der Waals surface area contributed by atoms with E-state index in [0.29, 0.717) is 5.69 Å². The Balaban J connectivity index is 1.94. The zero-order chi connectivity index (χ0) is 12.3. The Morgan fingerprint density at radius 3 is 2.59 bits per heavy atom. The molecule has 2 N–H and O–H groups in total. The number of benzene rings is 1. The Morgan fingerprint density at radius 1 is 1.29 bits per heavy atom. The summed E-state index contributed by atoms with van der Waals surface area (Å²) in [4.78, 5) is 13.2. The Morgan fingerprint density at radius 2 is 2.00 bits per heavy atom. The number of amides is 2. The first kappa shape index (κ1) is 11.9. The molecular weight excluding hydrogens is 242 g/mol. The van der Waals surface area contributed by atoms with Crippen molar-refractivity contribution in [2.24, 2.45) is 0 Å². The number of nitrogens with zero attached hydrogens (tertiary/aromatic N) is 1. The molecule has 0 unspecified atom stereocenters. The summed E-state index contributed by atoms with van der Waals surface area (Å²) in [5.41, 5.74) is 0.686. The lowest BCUT2D eigenvalue weighted by Crippen LogP contribution is -2.51. The molecule has 0 aromatic heterocycles. The average molecular weight is 255 g/mol. The fourth-order valence-electron chi connectivity index (χ4n) is 1.46. The van der Waals surface area contributed by atoms with Crippen molar-refractivity contribution < 1.29 is 13.2 Å². The molecule has 1 aromatic carbocycles. The van der Waals surface area contributed by atoms with Crippen LogP contribution in [0, 0.1) is 0 Å². The monoisotopic (exact) mass is 255 g/mol. The molecule has 1 aliphatic rings. The summed E-state index contributed by atoms with van der Waals surface area (Å²) in [7, 11) is -3.19. The van der Waals surface area contributed by atoms with Crippen molar-refractivity contribution in [3.63, 3.8) is 0 Å². The number of para-hydroxylation sites is 1. The van der Waals surface area contributed by atoms with Crippen molar-refractivity contribution in [1.29, 1.82) is 0 Å². The van der Waals surface area contributed by atoms with Gasteiger partial charge in [0.25, 0.3) is 0 Å². The van der Waals surface area contributed by atoms with Gasteiger partial charge in [0.05, 0.1) is 12.4 Å². The number of carbonyl (C=O) groups is 1. The molecule has 0 spiro atoms. The van der Waals surface area contributed by atoms with Crippen LogP contribution in [0.2, 0.25) is 0 Å². The van der Waals surface area contributed by atoms with Gasteiger partial charge < -0.3 is 10.2 Å². The lowest BCUT2D eigenvalue weighted by molar-refractivity contribution is 0.211. The van der Waals surface area contributed by atoms with Gasteiger partial charge in [-0.05, 0) is 12.1 Å². The largest absolute Gasteiger partial charge is 0.322 e. The molecular formula is C10H13N3O3S. The maximum absolute atomic E-state index is 11.8. The van der Waals surface area contributed by atoms with E-state index in [4.69, 9.17) is 0 Å². The molecule has 1 aliphatic heterocycles. The molecule has 0 saturated carbocycles.